The van der Waals surface area contributed by atoms with Gasteiger partial charge < -0.3 is 20.3 Å². The molecule has 2 N–H and O–H groups in total. The van der Waals surface area contributed by atoms with Gasteiger partial charge in [0.15, 0.2) is 0 Å². The summed E-state index contributed by atoms with van der Waals surface area (Å²) in [6.45, 7) is 15.4. The van der Waals surface area contributed by atoms with Gasteiger partial charge in [0.2, 0.25) is 11.8 Å². The van der Waals surface area contributed by atoms with Crippen LogP contribution in [0.3, 0.4) is 0 Å². The number of thioether (sulfide) groups is 1. The number of hydrogen-bond acceptors (Lipinski definition) is 5. The zero-order valence-electron chi connectivity index (χ0n) is 25.6. The zero-order valence-corrected chi connectivity index (χ0v) is 26.4. The molecule has 0 radical (unpaired) electrons. The maximum Gasteiger partial charge on any atom is 0.408 e. The molecule has 3 amide bonds. The first kappa shape index (κ1) is 33.0. The van der Waals surface area contributed by atoms with Crippen molar-refractivity contribution in [2.24, 2.45) is 0 Å². The van der Waals surface area contributed by atoms with E-state index in [9.17, 15) is 14.4 Å². The van der Waals surface area contributed by atoms with E-state index in [2.05, 4.69) is 16.7 Å². The molecule has 0 spiro atoms. The molecule has 0 saturated heterocycles. The van der Waals surface area contributed by atoms with Crippen LogP contribution in [0.15, 0.2) is 18.2 Å². The summed E-state index contributed by atoms with van der Waals surface area (Å²) in [6.07, 6.45) is 7.69. The Labute approximate surface area is 240 Å². The fourth-order valence-corrected chi connectivity index (χ4v) is 5.64. The quantitative estimate of drug-likeness (QED) is 0.324. The van der Waals surface area contributed by atoms with Crippen molar-refractivity contribution in [2.75, 3.05) is 12.0 Å². The van der Waals surface area contributed by atoms with Gasteiger partial charge in [-0.2, -0.15) is 11.8 Å². The Morgan fingerprint density at radius 1 is 1.03 bits per heavy atom. The standard InChI is InChI=1S/C31H51N3O4S/c1-10-31(7,8)34(28(36)25(16-17-39-9)33-29(37)38-30(4,5)6)26(23-19-21(2)18-22(3)20-23)27(35)32-24-14-12-11-13-15-24/h18-20,24-26H,10-17H2,1-9H3,(H,32,35)(H,33,37). The molecule has 39 heavy (non-hydrogen) atoms. The summed E-state index contributed by atoms with van der Waals surface area (Å²) in [4.78, 5) is 43.2. The van der Waals surface area contributed by atoms with E-state index in [0.29, 0.717) is 18.6 Å². The summed E-state index contributed by atoms with van der Waals surface area (Å²) in [5.74, 6) is 0.238. The molecule has 0 aliphatic heterocycles. The number of ether oxygens (including phenoxy) is 1. The molecule has 1 aromatic carbocycles. The number of amides is 3. The summed E-state index contributed by atoms with van der Waals surface area (Å²) in [7, 11) is 0. The van der Waals surface area contributed by atoms with E-state index in [0.717, 1.165) is 42.4 Å². The minimum absolute atomic E-state index is 0.105. The molecule has 1 aliphatic carbocycles. The number of aryl methyl sites for hydroxylation is 2. The van der Waals surface area contributed by atoms with Crippen molar-refractivity contribution in [3.05, 3.63) is 34.9 Å². The van der Waals surface area contributed by atoms with Crippen LogP contribution in [0.2, 0.25) is 0 Å². The minimum Gasteiger partial charge on any atom is -0.444 e. The van der Waals surface area contributed by atoms with E-state index >= 15 is 0 Å². The first-order chi connectivity index (χ1) is 18.2. The number of nitrogens with one attached hydrogen (secondary N) is 2. The first-order valence-electron chi connectivity index (χ1n) is 14.4. The van der Waals surface area contributed by atoms with E-state index in [-0.39, 0.29) is 17.9 Å². The smallest absolute Gasteiger partial charge is 0.408 e. The van der Waals surface area contributed by atoms with Crippen LogP contribution in [0, 0.1) is 13.8 Å². The van der Waals surface area contributed by atoms with Crippen LogP contribution in [0.4, 0.5) is 4.79 Å². The van der Waals surface area contributed by atoms with Gasteiger partial charge in [0.25, 0.3) is 0 Å². The molecule has 7 nitrogen and oxygen atoms in total. The third-order valence-electron chi connectivity index (χ3n) is 7.37. The van der Waals surface area contributed by atoms with Gasteiger partial charge in [0.1, 0.15) is 17.7 Å². The van der Waals surface area contributed by atoms with Gasteiger partial charge in [-0.3, -0.25) is 9.59 Å². The number of alkyl carbamates (subject to hydrolysis) is 1. The van der Waals surface area contributed by atoms with Crippen molar-refractivity contribution in [1.29, 1.82) is 0 Å². The van der Waals surface area contributed by atoms with Crippen LogP contribution in [0.25, 0.3) is 0 Å². The summed E-state index contributed by atoms with van der Waals surface area (Å²) >= 11 is 1.61. The third-order valence-corrected chi connectivity index (χ3v) is 8.02. The Bertz CT molecular complexity index is 962. The molecule has 2 rings (SSSR count). The van der Waals surface area contributed by atoms with E-state index in [4.69, 9.17) is 4.74 Å². The zero-order chi connectivity index (χ0) is 29.4. The number of benzene rings is 1. The molecule has 1 aliphatic rings. The number of rotatable bonds is 11. The number of carbonyl (C=O) groups is 3. The van der Waals surface area contributed by atoms with Crippen molar-refractivity contribution in [3.63, 3.8) is 0 Å². The second kappa shape index (κ2) is 14.4. The Morgan fingerprint density at radius 3 is 2.13 bits per heavy atom. The van der Waals surface area contributed by atoms with Crippen LogP contribution in [0.1, 0.15) is 109 Å². The first-order valence-corrected chi connectivity index (χ1v) is 15.8. The van der Waals surface area contributed by atoms with Crippen molar-refractivity contribution in [3.8, 4) is 0 Å². The van der Waals surface area contributed by atoms with Gasteiger partial charge in [-0.05, 0) is 91.7 Å². The second-order valence-corrected chi connectivity index (χ2v) is 13.5. The van der Waals surface area contributed by atoms with Crippen molar-refractivity contribution >= 4 is 29.7 Å². The number of hydrogen-bond donors (Lipinski definition) is 2. The predicted octanol–water partition coefficient (Wildman–Crippen LogP) is 6.46. The molecule has 2 atom stereocenters. The van der Waals surface area contributed by atoms with Crippen molar-refractivity contribution in [1.82, 2.24) is 15.5 Å². The highest BCUT2D eigenvalue weighted by Gasteiger charge is 2.43. The van der Waals surface area contributed by atoms with Crippen molar-refractivity contribution < 1.29 is 19.1 Å². The highest BCUT2D eigenvalue weighted by molar-refractivity contribution is 7.98. The van der Waals surface area contributed by atoms with Gasteiger partial charge in [-0.1, -0.05) is 55.5 Å². The van der Waals surface area contributed by atoms with Crippen molar-refractivity contribution in [2.45, 2.75) is 130 Å². The largest absolute Gasteiger partial charge is 0.444 e. The average molecular weight is 562 g/mol. The highest BCUT2D eigenvalue weighted by Crippen LogP contribution is 2.34. The summed E-state index contributed by atoms with van der Waals surface area (Å²) in [5.41, 5.74) is 1.51. The topological polar surface area (TPSA) is 87.7 Å². The maximum atomic E-state index is 14.5. The fourth-order valence-electron chi connectivity index (χ4n) is 5.17. The molecule has 8 heteroatoms. The summed E-state index contributed by atoms with van der Waals surface area (Å²) in [6, 6.07) is 4.53. The fraction of sp³-hybridized carbons (Fsp3) is 0.710. The van der Waals surface area contributed by atoms with Crippen LogP contribution in [0.5, 0.6) is 0 Å². The van der Waals surface area contributed by atoms with E-state index in [1.807, 2.05) is 53.0 Å². The Kier molecular flexibility index (Phi) is 12.2. The monoisotopic (exact) mass is 561 g/mol. The number of carbonyl (C=O) groups excluding carboxylic acids is 3. The van der Waals surface area contributed by atoms with E-state index < -0.39 is 29.3 Å². The van der Waals surface area contributed by atoms with Crippen LogP contribution in [-0.2, 0) is 14.3 Å². The van der Waals surface area contributed by atoms with Crippen LogP contribution < -0.4 is 10.6 Å². The molecule has 1 saturated carbocycles. The molecular formula is C31H51N3O4S. The second-order valence-electron chi connectivity index (χ2n) is 12.5. The normalized spacial score (nSPS) is 16.2. The Hall–Kier alpha value is -2.22. The molecule has 2 unspecified atom stereocenters. The Balaban J connectivity index is 2.59. The van der Waals surface area contributed by atoms with Gasteiger partial charge in [-0.25, -0.2) is 4.79 Å². The minimum atomic E-state index is -0.829. The molecule has 220 valence electrons. The summed E-state index contributed by atoms with van der Waals surface area (Å²) < 4.78 is 5.51. The summed E-state index contributed by atoms with van der Waals surface area (Å²) in [5, 5.41) is 6.13. The average Bonchev–Trinajstić information content (AvgIpc) is 2.83. The molecule has 0 aromatic heterocycles. The van der Waals surface area contributed by atoms with Gasteiger partial charge in [0.05, 0.1) is 0 Å². The SMILES string of the molecule is CCC(C)(C)N(C(=O)C(CCSC)NC(=O)OC(C)(C)C)C(C(=O)NC1CCCCC1)c1cc(C)cc(C)c1. The number of nitrogens with zero attached hydrogens (tertiary/aromatic N) is 1. The molecule has 0 bridgehead atoms. The van der Waals surface area contributed by atoms with Crippen LogP contribution >= 0.6 is 11.8 Å². The molecule has 0 heterocycles. The van der Waals surface area contributed by atoms with E-state index in [1.54, 1.807) is 37.4 Å². The predicted molar refractivity (Wildman–Crippen MR) is 161 cm³/mol. The lowest BCUT2D eigenvalue weighted by Crippen LogP contribution is -2.60. The molecular weight excluding hydrogens is 510 g/mol. The van der Waals surface area contributed by atoms with Gasteiger partial charge >= 0.3 is 6.09 Å². The van der Waals surface area contributed by atoms with Gasteiger partial charge in [0, 0.05) is 11.6 Å². The van der Waals surface area contributed by atoms with Crippen LogP contribution in [-0.4, -0.2) is 58.0 Å². The lowest BCUT2D eigenvalue weighted by atomic mass is 9.90. The third kappa shape index (κ3) is 10.0. The Morgan fingerprint density at radius 2 is 1.62 bits per heavy atom. The van der Waals surface area contributed by atoms with Gasteiger partial charge in [-0.15, -0.1) is 0 Å². The molecule has 1 aromatic rings. The van der Waals surface area contributed by atoms with E-state index in [1.165, 1.54) is 6.42 Å². The maximum absolute atomic E-state index is 14.5. The molecule has 1 fully saturated rings. The highest BCUT2D eigenvalue weighted by atomic mass is 32.2. The lowest BCUT2D eigenvalue weighted by molar-refractivity contribution is -0.149. The lowest BCUT2D eigenvalue weighted by Gasteiger charge is -2.45.